The second-order valence-corrected chi connectivity index (χ2v) is 5.65. The summed E-state index contributed by atoms with van der Waals surface area (Å²) in [6.07, 6.45) is 2.90. The van der Waals surface area contributed by atoms with E-state index in [9.17, 15) is 9.59 Å². The Morgan fingerprint density at radius 1 is 0.929 bits per heavy atom. The lowest BCUT2D eigenvalue weighted by Crippen LogP contribution is -2.28. The third-order valence-electron chi connectivity index (χ3n) is 3.82. The monoisotopic (exact) mass is 385 g/mol. The van der Waals surface area contributed by atoms with Crippen molar-refractivity contribution < 1.29 is 28.5 Å². The molecule has 0 spiro atoms. The van der Waals surface area contributed by atoms with Gasteiger partial charge in [0, 0.05) is 24.3 Å². The lowest BCUT2D eigenvalue weighted by molar-refractivity contribution is -0.143. The molecule has 0 aliphatic rings. The highest BCUT2D eigenvalue weighted by Crippen LogP contribution is 2.34. The Balaban J connectivity index is 1.87. The second-order valence-electron chi connectivity index (χ2n) is 5.65. The molecule has 7 nitrogen and oxygen atoms in total. The summed E-state index contributed by atoms with van der Waals surface area (Å²) < 4.78 is 20.7. The van der Waals surface area contributed by atoms with Crippen LogP contribution < -0.4 is 19.5 Å². The molecule has 28 heavy (non-hydrogen) atoms. The van der Waals surface area contributed by atoms with Crippen LogP contribution in [-0.2, 0) is 20.9 Å². The first-order chi connectivity index (χ1) is 13.6. The van der Waals surface area contributed by atoms with Crippen LogP contribution in [0.3, 0.4) is 0 Å². The SMILES string of the molecule is COc1cc(OC)c(OC)cc1CNC(=O)COC(=O)/C=C/c1ccccc1. The van der Waals surface area contributed by atoms with Gasteiger partial charge < -0.3 is 24.3 Å². The van der Waals surface area contributed by atoms with Gasteiger partial charge in [0.15, 0.2) is 18.1 Å². The van der Waals surface area contributed by atoms with Crippen molar-refractivity contribution in [1.82, 2.24) is 5.32 Å². The minimum absolute atomic E-state index is 0.180. The molecule has 2 aromatic carbocycles. The van der Waals surface area contributed by atoms with Gasteiger partial charge in [-0.1, -0.05) is 30.3 Å². The van der Waals surface area contributed by atoms with Crippen LogP contribution in [0.15, 0.2) is 48.5 Å². The standard InChI is InChI=1S/C21H23NO6/c1-25-17-12-19(27-3)18(26-2)11-16(17)13-22-20(23)14-28-21(24)10-9-15-7-5-4-6-8-15/h4-12H,13-14H2,1-3H3,(H,22,23)/b10-9+. The van der Waals surface area contributed by atoms with Crippen molar-refractivity contribution in [3.05, 3.63) is 59.7 Å². The summed E-state index contributed by atoms with van der Waals surface area (Å²) in [6, 6.07) is 12.7. The number of carbonyl (C=O) groups is 2. The number of hydrogen-bond donors (Lipinski definition) is 1. The van der Waals surface area contributed by atoms with Gasteiger partial charge in [0.05, 0.1) is 21.3 Å². The van der Waals surface area contributed by atoms with Crippen LogP contribution in [0.25, 0.3) is 6.08 Å². The van der Waals surface area contributed by atoms with Gasteiger partial charge in [0.1, 0.15) is 5.75 Å². The zero-order chi connectivity index (χ0) is 20.4. The van der Waals surface area contributed by atoms with Crippen molar-refractivity contribution in [2.75, 3.05) is 27.9 Å². The molecule has 0 aromatic heterocycles. The fourth-order valence-corrected chi connectivity index (χ4v) is 2.39. The zero-order valence-corrected chi connectivity index (χ0v) is 16.1. The fourth-order valence-electron chi connectivity index (χ4n) is 2.39. The van der Waals surface area contributed by atoms with E-state index in [-0.39, 0.29) is 13.2 Å². The Kier molecular flexibility index (Phi) is 7.90. The molecule has 0 unspecified atom stereocenters. The Hall–Kier alpha value is -3.48. The number of carbonyl (C=O) groups excluding carboxylic acids is 2. The summed E-state index contributed by atoms with van der Waals surface area (Å²) in [7, 11) is 4.57. The van der Waals surface area contributed by atoms with Crippen molar-refractivity contribution in [3.63, 3.8) is 0 Å². The van der Waals surface area contributed by atoms with Crippen molar-refractivity contribution in [1.29, 1.82) is 0 Å². The summed E-state index contributed by atoms with van der Waals surface area (Å²) in [5.41, 5.74) is 1.56. The van der Waals surface area contributed by atoms with Crippen LogP contribution >= 0.6 is 0 Å². The second kappa shape index (κ2) is 10.6. The predicted molar refractivity (Wildman–Crippen MR) is 104 cm³/mol. The van der Waals surface area contributed by atoms with E-state index in [1.807, 2.05) is 30.3 Å². The van der Waals surface area contributed by atoms with Crippen molar-refractivity contribution in [2.24, 2.45) is 0 Å². The van der Waals surface area contributed by atoms with Gasteiger partial charge in [-0.25, -0.2) is 4.79 Å². The average molecular weight is 385 g/mol. The molecule has 0 saturated carbocycles. The molecule has 0 saturated heterocycles. The number of nitrogens with one attached hydrogen (secondary N) is 1. The molecule has 7 heteroatoms. The number of esters is 1. The maximum absolute atomic E-state index is 12.0. The van der Waals surface area contributed by atoms with Gasteiger partial charge in [-0.15, -0.1) is 0 Å². The van der Waals surface area contributed by atoms with Gasteiger partial charge in [0.25, 0.3) is 5.91 Å². The number of ether oxygens (including phenoxy) is 4. The molecule has 0 bridgehead atoms. The normalized spacial score (nSPS) is 10.4. The zero-order valence-electron chi connectivity index (χ0n) is 16.1. The lowest BCUT2D eigenvalue weighted by atomic mass is 10.1. The van der Waals surface area contributed by atoms with E-state index in [1.165, 1.54) is 27.4 Å². The quantitative estimate of drug-likeness (QED) is 0.528. The van der Waals surface area contributed by atoms with E-state index in [4.69, 9.17) is 18.9 Å². The number of hydrogen-bond acceptors (Lipinski definition) is 6. The molecule has 2 aromatic rings. The molecule has 0 aliphatic heterocycles. The van der Waals surface area contributed by atoms with Crippen LogP contribution in [0, 0.1) is 0 Å². The molecule has 1 amide bonds. The first-order valence-electron chi connectivity index (χ1n) is 8.52. The molecule has 0 radical (unpaired) electrons. The summed E-state index contributed by atoms with van der Waals surface area (Å²) >= 11 is 0. The molecule has 0 heterocycles. The van der Waals surface area contributed by atoms with Crippen molar-refractivity contribution >= 4 is 18.0 Å². The summed E-state index contributed by atoms with van der Waals surface area (Å²) in [4.78, 5) is 23.7. The summed E-state index contributed by atoms with van der Waals surface area (Å²) in [6.45, 7) is -0.201. The van der Waals surface area contributed by atoms with Crippen LogP contribution in [0.1, 0.15) is 11.1 Å². The third kappa shape index (κ3) is 6.05. The van der Waals surface area contributed by atoms with Crippen molar-refractivity contribution in [3.8, 4) is 17.2 Å². The van der Waals surface area contributed by atoms with E-state index in [2.05, 4.69) is 5.32 Å². The Labute approximate surface area is 163 Å². The number of methoxy groups -OCH3 is 3. The summed E-state index contributed by atoms with van der Waals surface area (Å²) in [5.74, 6) is 0.556. The highest BCUT2D eigenvalue weighted by Gasteiger charge is 2.13. The third-order valence-corrected chi connectivity index (χ3v) is 3.82. The number of amides is 1. The van der Waals surface area contributed by atoms with E-state index in [0.717, 1.165) is 5.56 Å². The molecular formula is C21H23NO6. The first kappa shape index (κ1) is 20.8. The Morgan fingerprint density at radius 3 is 2.21 bits per heavy atom. The molecule has 1 N–H and O–H groups in total. The summed E-state index contributed by atoms with van der Waals surface area (Å²) in [5, 5.41) is 2.67. The molecule has 0 aliphatic carbocycles. The van der Waals surface area contributed by atoms with Gasteiger partial charge >= 0.3 is 5.97 Å². The molecule has 0 atom stereocenters. The highest BCUT2D eigenvalue weighted by atomic mass is 16.5. The van der Waals surface area contributed by atoms with Gasteiger partial charge in [0.2, 0.25) is 0 Å². The minimum atomic E-state index is -0.595. The predicted octanol–water partition coefficient (Wildman–Crippen LogP) is 2.59. The van der Waals surface area contributed by atoms with E-state index < -0.39 is 11.9 Å². The number of rotatable bonds is 9. The van der Waals surface area contributed by atoms with E-state index >= 15 is 0 Å². The van der Waals surface area contributed by atoms with Gasteiger partial charge in [-0.3, -0.25) is 4.79 Å². The van der Waals surface area contributed by atoms with Gasteiger partial charge in [-0.2, -0.15) is 0 Å². The van der Waals surface area contributed by atoms with Crippen LogP contribution in [-0.4, -0.2) is 39.8 Å². The Morgan fingerprint density at radius 2 is 1.57 bits per heavy atom. The lowest BCUT2D eigenvalue weighted by Gasteiger charge is -2.14. The molecule has 2 rings (SSSR count). The largest absolute Gasteiger partial charge is 0.496 e. The molecule has 0 fully saturated rings. The Bertz CT molecular complexity index is 832. The minimum Gasteiger partial charge on any atom is -0.496 e. The van der Waals surface area contributed by atoms with Crippen LogP contribution in [0.2, 0.25) is 0 Å². The first-order valence-corrected chi connectivity index (χ1v) is 8.52. The highest BCUT2D eigenvalue weighted by molar-refractivity contribution is 5.89. The van der Waals surface area contributed by atoms with Crippen molar-refractivity contribution in [2.45, 2.75) is 6.54 Å². The van der Waals surface area contributed by atoms with E-state index in [1.54, 1.807) is 18.2 Å². The molecular weight excluding hydrogens is 362 g/mol. The topological polar surface area (TPSA) is 83.1 Å². The number of benzene rings is 2. The maximum Gasteiger partial charge on any atom is 0.331 e. The van der Waals surface area contributed by atoms with Crippen LogP contribution in [0.4, 0.5) is 0 Å². The van der Waals surface area contributed by atoms with Crippen LogP contribution in [0.5, 0.6) is 17.2 Å². The maximum atomic E-state index is 12.0. The van der Waals surface area contributed by atoms with E-state index in [0.29, 0.717) is 22.8 Å². The smallest absolute Gasteiger partial charge is 0.331 e. The molecule has 148 valence electrons. The average Bonchev–Trinajstić information content (AvgIpc) is 2.74. The fraction of sp³-hybridized carbons (Fsp3) is 0.238. The van der Waals surface area contributed by atoms with Gasteiger partial charge in [-0.05, 0) is 17.7 Å².